The summed E-state index contributed by atoms with van der Waals surface area (Å²) in [7, 11) is 0. The largest absolute Gasteiger partial charge is 0.493 e. The van der Waals surface area contributed by atoms with Crippen molar-refractivity contribution < 1.29 is 24.5 Å². The average molecular weight is 314 g/mol. The Kier molecular flexibility index (Phi) is 5.03. The van der Waals surface area contributed by atoms with Crippen LogP contribution in [-0.4, -0.2) is 52.3 Å². The number of β-amino-alcohol motifs (C(OH)–C–C–N with tert-alkyl or cyclic N) is 1. The fourth-order valence-electron chi connectivity index (χ4n) is 2.28. The number of hydrogen-bond donors (Lipinski definition) is 2. The molecule has 0 saturated carbocycles. The summed E-state index contributed by atoms with van der Waals surface area (Å²) in [5, 5.41) is 19.1. The number of amides is 1. The third-order valence-corrected chi connectivity index (χ3v) is 3.50. The summed E-state index contributed by atoms with van der Waals surface area (Å²) in [6.45, 7) is 0.172. The van der Waals surface area contributed by atoms with Crippen LogP contribution in [0.1, 0.15) is 12.8 Å². The number of likely N-dealkylation sites (tertiary alicyclic amines) is 1. The molecule has 1 heterocycles. The third-order valence-electron chi connectivity index (χ3n) is 3.27. The van der Waals surface area contributed by atoms with Gasteiger partial charge in [0.1, 0.15) is 11.8 Å². The fourth-order valence-corrected chi connectivity index (χ4v) is 2.46. The summed E-state index contributed by atoms with van der Waals surface area (Å²) in [4.78, 5) is 24.2. The molecular formula is C14H16ClNO5. The van der Waals surface area contributed by atoms with Crippen LogP contribution in [0.3, 0.4) is 0 Å². The monoisotopic (exact) mass is 313 g/mol. The molecule has 1 amide bonds. The zero-order chi connectivity index (χ0) is 15.4. The van der Waals surface area contributed by atoms with Gasteiger partial charge in [-0.05, 0) is 18.2 Å². The van der Waals surface area contributed by atoms with Gasteiger partial charge in [-0.15, -0.1) is 0 Å². The molecule has 1 aliphatic rings. The van der Waals surface area contributed by atoms with E-state index >= 15 is 0 Å². The van der Waals surface area contributed by atoms with Crippen LogP contribution in [-0.2, 0) is 9.59 Å². The van der Waals surface area contributed by atoms with Crippen LogP contribution in [0.5, 0.6) is 5.75 Å². The quantitative estimate of drug-likeness (QED) is 0.851. The van der Waals surface area contributed by atoms with E-state index in [0.29, 0.717) is 10.8 Å². The molecule has 2 rings (SSSR count). The molecule has 0 bridgehead atoms. The van der Waals surface area contributed by atoms with Gasteiger partial charge in [0.15, 0.2) is 0 Å². The lowest BCUT2D eigenvalue weighted by atomic mass is 10.2. The number of hydrogen-bond acceptors (Lipinski definition) is 4. The van der Waals surface area contributed by atoms with Crippen molar-refractivity contribution in [3.63, 3.8) is 0 Å². The standard InChI is InChI=1S/C14H16ClNO5/c15-9-2-1-3-11(6-9)21-5-4-13(18)16-8-10(17)7-12(16)14(19)20/h1-3,6,10,12,17H,4-5,7-8H2,(H,19,20)/t10-,12+/m1/s1. The predicted molar refractivity (Wildman–Crippen MR) is 75.3 cm³/mol. The number of aliphatic hydroxyl groups excluding tert-OH is 1. The summed E-state index contributed by atoms with van der Waals surface area (Å²) in [5.74, 6) is -0.900. The third kappa shape index (κ3) is 4.09. The van der Waals surface area contributed by atoms with Gasteiger partial charge >= 0.3 is 5.97 Å². The summed E-state index contributed by atoms with van der Waals surface area (Å²) in [5.41, 5.74) is 0. The lowest BCUT2D eigenvalue weighted by Crippen LogP contribution is -2.41. The minimum atomic E-state index is -1.10. The van der Waals surface area contributed by atoms with Crippen LogP contribution < -0.4 is 4.74 Å². The molecule has 1 aromatic carbocycles. The second kappa shape index (κ2) is 6.78. The number of aliphatic carboxylic acids is 1. The minimum Gasteiger partial charge on any atom is -0.493 e. The molecule has 21 heavy (non-hydrogen) atoms. The van der Waals surface area contributed by atoms with Gasteiger partial charge in [0.25, 0.3) is 0 Å². The van der Waals surface area contributed by atoms with E-state index in [0.717, 1.165) is 0 Å². The maximum Gasteiger partial charge on any atom is 0.326 e. The number of carbonyl (C=O) groups excluding carboxylic acids is 1. The SMILES string of the molecule is O=C(O)[C@@H]1C[C@@H](O)CN1C(=O)CCOc1cccc(Cl)c1. The highest BCUT2D eigenvalue weighted by molar-refractivity contribution is 6.30. The number of carboxylic acid groups (broad SMARTS) is 1. The number of aliphatic hydroxyl groups is 1. The van der Waals surface area contributed by atoms with Gasteiger partial charge < -0.3 is 19.8 Å². The van der Waals surface area contributed by atoms with Crippen molar-refractivity contribution >= 4 is 23.5 Å². The van der Waals surface area contributed by atoms with Crippen molar-refractivity contribution in [1.82, 2.24) is 4.90 Å². The van der Waals surface area contributed by atoms with Crippen LogP contribution in [0.2, 0.25) is 5.02 Å². The Hall–Kier alpha value is -1.79. The van der Waals surface area contributed by atoms with Gasteiger partial charge in [-0.1, -0.05) is 17.7 Å². The van der Waals surface area contributed by atoms with E-state index in [9.17, 15) is 14.7 Å². The molecule has 2 N–H and O–H groups in total. The second-order valence-corrected chi connectivity index (χ2v) is 5.28. The van der Waals surface area contributed by atoms with Crippen LogP contribution in [0.15, 0.2) is 24.3 Å². The molecule has 1 saturated heterocycles. The van der Waals surface area contributed by atoms with E-state index in [1.54, 1.807) is 24.3 Å². The molecule has 0 aliphatic carbocycles. The number of nitrogens with zero attached hydrogens (tertiary/aromatic N) is 1. The second-order valence-electron chi connectivity index (χ2n) is 4.85. The summed E-state index contributed by atoms with van der Waals surface area (Å²) >= 11 is 5.81. The van der Waals surface area contributed by atoms with Gasteiger partial charge in [-0.2, -0.15) is 0 Å². The van der Waals surface area contributed by atoms with E-state index in [1.165, 1.54) is 4.90 Å². The molecule has 1 aromatic rings. The van der Waals surface area contributed by atoms with Crippen molar-refractivity contribution in [3.8, 4) is 5.75 Å². The van der Waals surface area contributed by atoms with E-state index < -0.39 is 18.1 Å². The number of ether oxygens (including phenoxy) is 1. The minimum absolute atomic E-state index is 0.0447. The topological polar surface area (TPSA) is 87.1 Å². The van der Waals surface area contributed by atoms with Gasteiger partial charge in [-0.3, -0.25) is 4.79 Å². The average Bonchev–Trinajstić information content (AvgIpc) is 2.81. The molecular weight excluding hydrogens is 298 g/mol. The first-order chi connectivity index (χ1) is 9.97. The zero-order valence-electron chi connectivity index (χ0n) is 11.2. The van der Waals surface area contributed by atoms with E-state index in [4.69, 9.17) is 21.4 Å². The lowest BCUT2D eigenvalue weighted by Gasteiger charge is -2.21. The lowest BCUT2D eigenvalue weighted by molar-refractivity contribution is -0.148. The highest BCUT2D eigenvalue weighted by Crippen LogP contribution is 2.20. The molecule has 0 unspecified atom stereocenters. The summed E-state index contributed by atoms with van der Waals surface area (Å²) in [6.07, 6.45) is -0.678. The van der Waals surface area contributed by atoms with Crippen molar-refractivity contribution in [3.05, 3.63) is 29.3 Å². The zero-order valence-corrected chi connectivity index (χ0v) is 12.0. The Morgan fingerprint density at radius 3 is 2.86 bits per heavy atom. The molecule has 0 aromatic heterocycles. The number of rotatable bonds is 5. The van der Waals surface area contributed by atoms with Crippen molar-refractivity contribution in [1.29, 1.82) is 0 Å². The maximum atomic E-state index is 12.0. The summed E-state index contributed by atoms with van der Waals surface area (Å²) in [6, 6.07) is 5.83. The first-order valence-corrected chi connectivity index (χ1v) is 6.94. The van der Waals surface area contributed by atoms with Crippen LogP contribution in [0.4, 0.5) is 0 Å². The molecule has 114 valence electrons. The number of benzene rings is 1. The van der Waals surface area contributed by atoms with Gasteiger partial charge in [-0.25, -0.2) is 4.79 Å². The number of carboxylic acids is 1. The van der Waals surface area contributed by atoms with Crippen LogP contribution in [0, 0.1) is 0 Å². The van der Waals surface area contributed by atoms with Gasteiger partial charge in [0, 0.05) is 18.0 Å². The Morgan fingerprint density at radius 1 is 1.43 bits per heavy atom. The highest BCUT2D eigenvalue weighted by Gasteiger charge is 2.38. The Balaban J connectivity index is 1.85. The van der Waals surface area contributed by atoms with Gasteiger partial charge in [0.05, 0.1) is 19.1 Å². The molecule has 1 aliphatic heterocycles. The molecule has 1 fully saturated rings. The van der Waals surface area contributed by atoms with E-state index in [2.05, 4.69) is 0 Å². The number of halogens is 1. The van der Waals surface area contributed by atoms with Crippen LogP contribution >= 0.6 is 11.6 Å². The van der Waals surface area contributed by atoms with Crippen molar-refractivity contribution in [2.75, 3.05) is 13.2 Å². The van der Waals surface area contributed by atoms with Crippen molar-refractivity contribution in [2.45, 2.75) is 25.0 Å². The predicted octanol–water partition coefficient (Wildman–Crippen LogP) is 1.16. The molecule has 7 heteroatoms. The van der Waals surface area contributed by atoms with Crippen LogP contribution in [0.25, 0.3) is 0 Å². The van der Waals surface area contributed by atoms with E-state index in [1.807, 2.05) is 0 Å². The first kappa shape index (κ1) is 15.6. The van der Waals surface area contributed by atoms with Gasteiger partial charge in [0.2, 0.25) is 5.91 Å². The first-order valence-electron chi connectivity index (χ1n) is 6.56. The smallest absolute Gasteiger partial charge is 0.326 e. The Bertz CT molecular complexity index is 536. The number of carbonyl (C=O) groups is 2. The fraction of sp³-hybridized carbons (Fsp3) is 0.429. The Morgan fingerprint density at radius 2 is 2.19 bits per heavy atom. The van der Waals surface area contributed by atoms with E-state index in [-0.39, 0.29) is 31.9 Å². The molecule has 2 atom stereocenters. The maximum absolute atomic E-state index is 12.0. The molecule has 6 nitrogen and oxygen atoms in total. The molecule has 0 radical (unpaired) electrons. The van der Waals surface area contributed by atoms with Crippen molar-refractivity contribution in [2.24, 2.45) is 0 Å². The normalized spacial score (nSPS) is 21.3. The highest BCUT2D eigenvalue weighted by atomic mass is 35.5. The summed E-state index contributed by atoms with van der Waals surface area (Å²) < 4.78 is 5.40. The molecule has 0 spiro atoms. The Labute approximate surface area is 126 Å².